The van der Waals surface area contributed by atoms with Gasteiger partial charge in [-0.05, 0) is 31.5 Å². The van der Waals surface area contributed by atoms with Gasteiger partial charge in [0.1, 0.15) is 30.8 Å². The molecule has 1 saturated heterocycles. The zero-order valence-electron chi connectivity index (χ0n) is 16.2. The number of morpholine rings is 1. The summed E-state index contributed by atoms with van der Waals surface area (Å²) >= 11 is 0. The number of nitrogens with two attached hydrogens (primary N) is 1. The van der Waals surface area contributed by atoms with Crippen LogP contribution in [-0.4, -0.2) is 42.4 Å². The Hall–Kier alpha value is -2.38. The van der Waals surface area contributed by atoms with E-state index >= 15 is 0 Å². The van der Waals surface area contributed by atoms with E-state index in [1.807, 2.05) is 23.0 Å². The fraction of sp³-hybridized carbons (Fsp3) is 0.500. The number of nitrogens with one attached hydrogen (secondary N) is 1. The van der Waals surface area contributed by atoms with E-state index in [-0.39, 0.29) is 0 Å². The van der Waals surface area contributed by atoms with Gasteiger partial charge in [0.15, 0.2) is 0 Å². The molecule has 4 heterocycles. The highest BCUT2D eigenvalue weighted by Crippen LogP contribution is 2.26. The number of furan rings is 1. The second kappa shape index (κ2) is 7.70. The van der Waals surface area contributed by atoms with E-state index in [4.69, 9.17) is 19.9 Å². The van der Waals surface area contributed by atoms with Crippen LogP contribution in [0.4, 0.5) is 5.82 Å². The van der Waals surface area contributed by atoms with Crippen LogP contribution in [0.1, 0.15) is 23.4 Å². The first-order chi connectivity index (χ1) is 13.1. The van der Waals surface area contributed by atoms with Crippen molar-refractivity contribution < 1.29 is 18.6 Å². The molecule has 0 saturated carbocycles. The topological polar surface area (TPSA) is 74.5 Å². The van der Waals surface area contributed by atoms with Crippen LogP contribution in [0.25, 0.3) is 11.0 Å². The summed E-state index contributed by atoms with van der Waals surface area (Å²) in [4.78, 5) is 6.38. The van der Waals surface area contributed by atoms with E-state index in [1.165, 1.54) is 17.8 Å². The van der Waals surface area contributed by atoms with Gasteiger partial charge >= 0.3 is 0 Å². The summed E-state index contributed by atoms with van der Waals surface area (Å²) in [5, 5.41) is 1.06. The molecular weight excluding hydrogens is 342 g/mol. The largest absolute Gasteiger partial charge is 0.466 e. The van der Waals surface area contributed by atoms with Crippen molar-refractivity contribution in [3.05, 3.63) is 41.7 Å². The minimum absolute atomic E-state index is 0.589. The number of hydrogen-bond acceptors (Lipinski definition) is 4. The summed E-state index contributed by atoms with van der Waals surface area (Å²) in [5.74, 6) is 1.62. The lowest BCUT2D eigenvalue weighted by Gasteiger charge is -2.23. The van der Waals surface area contributed by atoms with E-state index in [0.29, 0.717) is 6.54 Å². The molecule has 144 valence electrons. The third kappa shape index (κ3) is 3.57. The third-order valence-corrected chi connectivity index (χ3v) is 5.71. The number of aryl methyl sites for hydroxylation is 2. The second-order valence-electron chi connectivity index (χ2n) is 7.36. The van der Waals surface area contributed by atoms with Gasteiger partial charge in [0.25, 0.3) is 0 Å². The van der Waals surface area contributed by atoms with E-state index < -0.39 is 0 Å². The first kappa shape index (κ1) is 18.0. The molecule has 0 aliphatic carbocycles. The van der Waals surface area contributed by atoms with E-state index in [2.05, 4.69) is 18.4 Å². The van der Waals surface area contributed by atoms with Crippen LogP contribution in [0.5, 0.6) is 0 Å². The Morgan fingerprint density at radius 1 is 1.30 bits per heavy atom. The zero-order chi connectivity index (χ0) is 18.8. The lowest BCUT2D eigenvalue weighted by atomic mass is 10.2. The van der Waals surface area contributed by atoms with Crippen LogP contribution in [0.3, 0.4) is 0 Å². The Bertz CT molecular complexity index is 910. The number of rotatable bonds is 6. The molecule has 27 heavy (non-hydrogen) atoms. The Labute approximate surface area is 159 Å². The summed E-state index contributed by atoms with van der Waals surface area (Å²) in [6, 6.07) is 3.84. The van der Waals surface area contributed by atoms with Crippen LogP contribution in [0.2, 0.25) is 0 Å². The number of nitrogen functional groups attached to an aromatic ring is 1. The number of quaternary nitrogens is 1. The summed E-state index contributed by atoms with van der Waals surface area (Å²) in [6.07, 6.45) is 4.63. The van der Waals surface area contributed by atoms with Gasteiger partial charge in [0, 0.05) is 18.7 Å². The smallest absolute Gasteiger partial charge is 0.232 e. The predicted molar refractivity (Wildman–Crippen MR) is 103 cm³/mol. The van der Waals surface area contributed by atoms with Crippen LogP contribution in [0.15, 0.2) is 29.1 Å². The molecule has 0 unspecified atom stereocenters. The number of aromatic nitrogens is 3. The van der Waals surface area contributed by atoms with Crippen molar-refractivity contribution in [3.63, 3.8) is 0 Å². The highest BCUT2D eigenvalue weighted by atomic mass is 16.5. The molecule has 0 radical (unpaired) electrons. The van der Waals surface area contributed by atoms with Gasteiger partial charge in [-0.25, -0.2) is 4.57 Å². The van der Waals surface area contributed by atoms with E-state index in [1.54, 1.807) is 11.2 Å². The van der Waals surface area contributed by atoms with Crippen molar-refractivity contribution >= 4 is 16.9 Å². The molecule has 0 aromatic carbocycles. The Morgan fingerprint density at radius 3 is 2.85 bits per heavy atom. The molecule has 1 aliphatic heterocycles. The average molecular weight is 371 g/mol. The fourth-order valence-corrected chi connectivity index (χ4v) is 3.98. The van der Waals surface area contributed by atoms with Crippen LogP contribution in [0, 0.1) is 13.8 Å². The fourth-order valence-electron chi connectivity index (χ4n) is 3.98. The molecule has 3 aromatic heterocycles. The van der Waals surface area contributed by atoms with Gasteiger partial charge in [-0.1, -0.05) is 4.98 Å². The molecule has 1 aliphatic rings. The van der Waals surface area contributed by atoms with Gasteiger partial charge in [-0.15, -0.1) is 0 Å². The van der Waals surface area contributed by atoms with Crippen molar-refractivity contribution in [1.29, 1.82) is 0 Å². The minimum Gasteiger partial charge on any atom is -0.466 e. The zero-order valence-corrected chi connectivity index (χ0v) is 16.2. The number of hydrogen-bond donors (Lipinski definition) is 2. The molecule has 7 nitrogen and oxygen atoms in total. The van der Waals surface area contributed by atoms with Crippen molar-refractivity contribution in [2.45, 2.75) is 33.4 Å². The SMILES string of the molecule is Cc1c(C)n(CCC[NH+]2CCOCC2)c2nc[n+](Cc3ccco3)c(N)c12. The molecule has 0 amide bonds. The number of anilines is 1. The number of ether oxygens (including phenoxy) is 1. The lowest BCUT2D eigenvalue weighted by Crippen LogP contribution is -3.14. The molecule has 3 aromatic rings. The van der Waals surface area contributed by atoms with Gasteiger partial charge < -0.3 is 24.4 Å². The Kier molecular flexibility index (Phi) is 5.13. The van der Waals surface area contributed by atoms with Crippen molar-refractivity contribution in [1.82, 2.24) is 9.55 Å². The van der Waals surface area contributed by atoms with Gasteiger partial charge in [0.05, 0.1) is 26.0 Å². The molecule has 7 heteroatoms. The highest BCUT2D eigenvalue weighted by molar-refractivity contribution is 5.89. The third-order valence-electron chi connectivity index (χ3n) is 5.71. The quantitative estimate of drug-likeness (QED) is 0.618. The van der Waals surface area contributed by atoms with Crippen LogP contribution >= 0.6 is 0 Å². The molecule has 1 fully saturated rings. The molecule has 3 N–H and O–H groups in total. The molecule has 4 rings (SSSR count). The normalized spacial score (nSPS) is 15.6. The van der Waals surface area contributed by atoms with Gasteiger partial charge in [0.2, 0.25) is 17.8 Å². The number of fused-ring (bicyclic) bond motifs is 1. The summed E-state index contributed by atoms with van der Waals surface area (Å²) < 4.78 is 15.2. The monoisotopic (exact) mass is 371 g/mol. The van der Waals surface area contributed by atoms with E-state index in [0.717, 1.165) is 61.9 Å². The first-order valence-corrected chi connectivity index (χ1v) is 9.72. The summed E-state index contributed by atoms with van der Waals surface area (Å²) in [5.41, 5.74) is 9.95. The van der Waals surface area contributed by atoms with Crippen LogP contribution in [-0.2, 0) is 17.8 Å². The van der Waals surface area contributed by atoms with Gasteiger partial charge in [-0.2, -0.15) is 0 Å². The molecular formula is C20H29N5O2+2. The average Bonchev–Trinajstić information content (AvgIpc) is 3.27. The summed E-state index contributed by atoms with van der Waals surface area (Å²) in [7, 11) is 0. The highest BCUT2D eigenvalue weighted by Gasteiger charge is 2.22. The Morgan fingerprint density at radius 2 is 2.11 bits per heavy atom. The maximum absolute atomic E-state index is 6.51. The Balaban J connectivity index is 1.56. The van der Waals surface area contributed by atoms with Crippen LogP contribution < -0.4 is 15.2 Å². The maximum Gasteiger partial charge on any atom is 0.232 e. The number of nitrogens with zero attached hydrogens (tertiary/aromatic N) is 3. The second-order valence-corrected chi connectivity index (χ2v) is 7.36. The standard InChI is InChI=1S/C20H27N5O2/c1-15-16(2)25(7-4-6-23-8-11-26-12-9-23)20-18(15)19(21)24(14-22-20)13-17-5-3-10-27-17/h3,5,10,14,21H,4,6-9,11-13H2,1-2H3/p+2. The predicted octanol–water partition coefficient (Wildman–Crippen LogP) is 0.469. The van der Waals surface area contributed by atoms with Gasteiger partial charge in [-0.3, -0.25) is 0 Å². The first-order valence-electron chi connectivity index (χ1n) is 9.72. The van der Waals surface area contributed by atoms with Crippen molar-refractivity contribution in [2.75, 3.05) is 38.6 Å². The van der Waals surface area contributed by atoms with Crippen molar-refractivity contribution in [3.8, 4) is 0 Å². The lowest BCUT2D eigenvalue weighted by molar-refractivity contribution is -0.908. The molecule has 0 spiro atoms. The minimum atomic E-state index is 0.589. The summed E-state index contributed by atoms with van der Waals surface area (Å²) in [6.45, 7) is 11.0. The molecule has 0 bridgehead atoms. The molecule has 0 atom stereocenters. The maximum atomic E-state index is 6.51. The van der Waals surface area contributed by atoms with Crippen molar-refractivity contribution in [2.24, 2.45) is 0 Å². The van der Waals surface area contributed by atoms with E-state index in [9.17, 15) is 0 Å².